The second kappa shape index (κ2) is 13.8. The molecule has 212 valence electrons. The number of nitriles is 1. The van der Waals surface area contributed by atoms with Gasteiger partial charge in [-0.1, -0.05) is 55.7 Å². The predicted molar refractivity (Wildman–Crippen MR) is 161 cm³/mol. The molecule has 41 heavy (non-hydrogen) atoms. The van der Waals surface area contributed by atoms with Crippen LogP contribution in [0.1, 0.15) is 55.7 Å². The molecule has 1 saturated carbocycles. The standard InChI is InChI=1S/C34H36FN3O3/c1-4-41-32(39)20-16-26-11-8-12-31(33(26)35)38(34(40)27-9-6-5-7-10-27)23-24-13-19-30(28(21-24)22-36)25-14-17-29(18-15-25)37(2)3/h8,11-21,27H,4-7,9-10,23H2,1-3H3/b20-16+. The van der Waals surface area contributed by atoms with Crippen molar-refractivity contribution < 1.29 is 18.7 Å². The number of halogens is 1. The summed E-state index contributed by atoms with van der Waals surface area (Å²) in [6, 6.07) is 20.6. The van der Waals surface area contributed by atoms with Crippen LogP contribution in [0.5, 0.6) is 0 Å². The molecule has 0 aliphatic heterocycles. The Morgan fingerprint density at radius 2 is 1.78 bits per heavy atom. The zero-order chi connectivity index (χ0) is 29.4. The molecular formula is C34H36FN3O3. The summed E-state index contributed by atoms with van der Waals surface area (Å²) in [5, 5.41) is 9.99. The van der Waals surface area contributed by atoms with Crippen molar-refractivity contribution in [1.29, 1.82) is 5.26 Å². The van der Waals surface area contributed by atoms with Gasteiger partial charge in [0.15, 0.2) is 5.82 Å². The van der Waals surface area contributed by atoms with Crippen LogP contribution in [0.4, 0.5) is 15.8 Å². The Morgan fingerprint density at radius 3 is 2.44 bits per heavy atom. The topological polar surface area (TPSA) is 73.6 Å². The molecule has 4 rings (SSSR count). The Hall–Kier alpha value is -4.44. The van der Waals surface area contributed by atoms with E-state index < -0.39 is 11.8 Å². The Kier molecular flexibility index (Phi) is 9.91. The summed E-state index contributed by atoms with van der Waals surface area (Å²) in [5.41, 5.74) is 4.31. The van der Waals surface area contributed by atoms with Crippen molar-refractivity contribution in [1.82, 2.24) is 0 Å². The van der Waals surface area contributed by atoms with Gasteiger partial charge in [0.2, 0.25) is 5.91 Å². The van der Waals surface area contributed by atoms with E-state index in [2.05, 4.69) is 6.07 Å². The van der Waals surface area contributed by atoms with Crippen LogP contribution in [0.25, 0.3) is 17.2 Å². The van der Waals surface area contributed by atoms with Crippen molar-refractivity contribution in [3.05, 3.63) is 89.2 Å². The van der Waals surface area contributed by atoms with Gasteiger partial charge >= 0.3 is 5.97 Å². The fourth-order valence-electron chi connectivity index (χ4n) is 5.23. The van der Waals surface area contributed by atoms with E-state index in [4.69, 9.17) is 4.74 Å². The predicted octanol–water partition coefficient (Wildman–Crippen LogP) is 7.12. The Morgan fingerprint density at radius 1 is 1.05 bits per heavy atom. The molecule has 6 nitrogen and oxygen atoms in total. The molecule has 3 aromatic carbocycles. The van der Waals surface area contributed by atoms with Gasteiger partial charge in [-0.05, 0) is 66.8 Å². The third-order valence-electron chi connectivity index (χ3n) is 7.44. The number of amides is 1. The van der Waals surface area contributed by atoms with Crippen LogP contribution in [0.15, 0.2) is 66.7 Å². The van der Waals surface area contributed by atoms with E-state index in [-0.39, 0.29) is 36.2 Å². The lowest BCUT2D eigenvalue weighted by Crippen LogP contribution is -2.37. The highest BCUT2D eigenvalue weighted by molar-refractivity contribution is 5.96. The van der Waals surface area contributed by atoms with Gasteiger partial charge < -0.3 is 14.5 Å². The quantitative estimate of drug-likeness (QED) is 0.208. The average molecular weight is 554 g/mol. The summed E-state index contributed by atoms with van der Waals surface area (Å²) < 4.78 is 20.8. The fraction of sp³-hybridized carbons (Fsp3) is 0.324. The Balaban J connectivity index is 1.69. The Bertz CT molecular complexity index is 1450. The molecule has 0 N–H and O–H groups in total. The second-order valence-corrected chi connectivity index (χ2v) is 10.5. The molecule has 0 aromatic heterocycles. The third kappa shape index (κ3) is 7.20. The van der Waals surface area contributed by atoms with E-state index >= 15 is 4.39 Å². The molecule has 1 amide bonds. The molecule has 1 fully saturated rings. The SMILES string of the molecule is CCOC(=O)/C=C/c1cccc(N(Cc2ccc(-c3ccc(N(C)C)cc3)c(C#N)c2)C(=O)C2CCCCC2)c1F. The number of ether oxygens (including phenoxy) is 1. The van der Waals surface area contributed by atoms with Crippen molar-refractivity contribution in [2.24, 2.45) is 5.92 Å². The molecule has 0 bridgehead atoms. The van der Waals surface area contributed by atoms with Crippen LogP contribution in [0.3, 0.4) is 0 Å². The lowest BCUT2D eigenvalue weighted by atomic mass is 9.88. The largest absolute Gasteiger partial charge is 0.463 e. The van der Waals surface area contributed by atoms with Gasteiger partial charge in [-0.15, -0.1) is 0 Å². The molecule has 0 heterocycles. The highest BCUT2D eigenvalue weighted by Crippen LogP contribution is 2.32. The smallest absolute Gasteiger partial charge is 0.330 e. The van der Waals surface area contributed by atoms with E-state index in [0.29, 0.717) is 5.56 Å². The first-order valence-electron chi connectivity index (χ1n) is 14.1. The minimum Gasteiger partial charge on any atom is -0.463 e. The first-order valence-corrected chi connectivity index (χ1v) is 14.1. The summed E-state index contributed by atoms with van der Waals surface area (Å²) in [7, 11) is 3.94. The van der Waals surface area contributed by atoms with Gasteiger partial charge in [-0.25, -0.2) is 9.18 Å². The molecule has 0 atom stereocenters. The van der Waals surface area contributed by atoms with Gasteiger partial charge in [0.25, 0.3) is 0 Å². The van der Waals surface area contributed by atoms with E-state index in [1.54, 1.807) is 31.2 Å². The number of hydrogen-bond donors (Lipinski definition) is 0. The maximum absolute atomic E-state index is 15.9. The summed E-state index contributed by atoms with van der Waals surface area (Å²) >= 11 is 0. The van der Waals surface area contributed by atoms with Crippen molar-refractivity contribution >= 4 is 29.3 Å². The highest BCUT2D eigenvalue weighted by Gasteiger charge is 2.29. The number of anilines is 2. The molecule has 0 saturated heterocycles. The van der Waals surface area contributed by atoms with Crippen molar-refractivity contribution in [3.8, 4) is 17.2 Å². The van der Waals surface area contributed by atoms with Crippen LogP contribution >= 0.6 is 0 Å². The second-order valence-electron chi connectivity index (χ2n) is 10.5. The monoisotopic (exact) mass is 553 g/mol. The van der Waals surface area contributed by atoms with Crippen molar-refractivity contribution in [2.75, 3.05) is 30.5 Å². The first-order chi connectivity index (χ1) is 19.8. The van der Waals surface area contributed by atoms with Crippen LogP contribution in [0.2, 0.25) is 0 Å². The molecule has 7 heteroatoms. The van der Waals surface area contributed by atoms with Crippen molar-refractivity contribution in [2.45, 2.75) is 45.6 Å². The average Bonchev–Trinajstić information content (AvgIpc) is 2.99. The molecule has 0 spiro atoms. The molecule has 0 unspecified atom stereocenters. The fourth-order valence-corrected chi connectivity index (χ4v) is 5.23. The molecule has 1 aliphatic rings. The number of rotatable bonds is 9. The van der Waals surface area contributed by atoms with Gasteiger partial charge in [0.05, 0.1) is 30.5 Å². The lowest BCUT2D eigenvalue weighted by Gasteiger charge is -2.30. The Labute approximate surface area is 241 Å². The zero-order valence-corrected chi connectivity index (χ0v) is 23.9. The van der Waals surface area contributed by atoms with Gasteiger partial charge in [-0.2, -0.15) is 5.26 Å². The van der Waals surface area contributed by atoms with Crippen LogP contribution < -0.4 is 9.80 Å². The molecular weight excluding hydrogens is 517 g/mol. The molecule has 0 radical (unpaired) electrons. The van der Waals surface area contributed by atoms with Gasteiger partial charge in [0.1, 0.15) is 0 Å². The number of carbonyl (C=O) groups excluding carboxylic acids is 2. The van der Waals surface area contributed by atoms with E-state index in [9.17, 15) is 14.9 Å². The first kappa shape index (κ1) is 29.5. The van der Waals surface area contributed by atoms with Gasteiger partial charge in [-0.3, -0.25) is 4.79 Å². The zero-order valence-electron chi connectivity index (χ0n) is 23.9. The van der Waals surface area contributed by atoms with Crippen LogP contribution in [0, 0.1) is 23.1 Å². The maximum Gasteiger partial charge on any atom is 0.330 e. The third-order valence-corrected chi connectivity index (χ3v) is 7.44. The number of hydrogen-bond acceptors (Lipinski definition) is 5. The van der Waals surface area contributed by atoms with E-state index in [1.165, 1.54) is 17.1 Å². The summed E-state index contributed by atoms with van der Waals surface area (Å²) in [4.78, 5) is 29.2. The summed E-state index contributed by atoms with van der Waals surface area (Å²) in [6.45, 7) is 2.04. The van der Waals surface area contributed by atoms with Gasteiger partial charge in [0, 0.05) is 37.3 Å². The number of carbonyl (C=O) groups is 2. The van der Waals surface area contributed by atoms with E-state index in [0.717, 1.165) is 54.5 Å². The number of nitrogens with zero attached hydrogens (tertiary/aromatic N) is 3. The minimum atomic E-state index is -0.588. The number of benzene rings is 3. The number of esters is 1. The summed E-state index contributed by atoms with van der Waals surface area (Å²) in [5.74, 6) is -1.47. The highest BCUT2D eigenvalue weighted by atomic mass is 19.1. The van der Waals surface area contributed by atoms with E-state index in [1.807, 2.05) is 55.4 Å². The normalized spacial score (nSPS) is 13.5. The lowest BCUT2D eigenvalue weighted by molar-refractivity contribution is -0.137. The van der Waals surface area contributed by atoms with Crippen molar-refractivity contribution in [3.63, 3.8) is 0 Å². The summed E-state index contributed by atoms with van der Waals surface area (Å²) in [6.07, 6.45) is 7.11. The maximum atomic E-state index is 15.9. The molecule has 1 aliphatic carbocycles. The molecule has 3 aromatic rings. The minimum absolute atomic E-state index is 0.117. The van der Waals surface area contributed by atoms with Crippen LogP contribution in [-0.4, -0.2) is 32.6 Å². The van der Waals surface area contributed by atoms with Crippen LogP contribution in [-0.2, 0) is 20.9 Å².